The van der Waals surface area contributed by atoms with Crippen LogP contribution in [0.4, 0.5) is 0 Å². The number of carbonyl (C=O) groups excluding carboxylic acids is 1. The monoisotopic (exact) mass is 312 g/mol. The Hall–Kier alpha value is -3.21. The molecule has 0 spiro atoms. The molecule has 0 fully saturated rings. The Balaban J connectivity index is 2.37. The van der Waals surface area contributed by atoms with Crippen LogP contribution < -0.4 is 0 Å². The van der Waals surface area contributed by atoms with Gasteiger partial charge in [-0.25, -0.2) is 0 Å². The third kappa shape index (κ3) is 3.52. The van der Waals surface area contributed by atoms with E-state index in [4.69, 9.17) is 0 Å². The molecule has 0 atom stereocenters. The number of rotatable bonds is 5. The molecule has 2 aromatic rings. The molecule has 2 rings (SSSR count). The minimum absolute atomic E-state index is 0.108. The number of allylic oxidation sites excluding steroid dienone is 2. The maximum Gasteiger partial charge on any atom is 0.193 e. The quantitative estimate of drug-likeness (QED) is 0.386. The van der Waals surface area contributed by atoms with E-state index in [1.54, 1.807) is 12.1 Å². The summed E-state index contributed by atoms with van der Waals surface area (Å²) in [5, 5.41) is 38.9. The summed E-state index contributed by atoms with van der Waals surface area (Å²) in [4.78, 5) is 12.2. The van der Waals surface area contributed by atoms with Crippen LogP contribution in [0.1, 0.15) is 21.5 Å². The van der Waals surface area contributed by atoms with Gasteiger partial charge in [0.05, 0.1) is 0 Å². The smallest absolute Gasteiger partial charge is 0.193 e. The Kier molecular flexibility index (Phi) is 4.71. The molecule has 0 bridgehead atoms. The van der Waals surface area contributed by atoms with Crippen molar-refractivity contribution >= 4 is 11.9 Å². The van der Waals surface area contributed by atoms with Crippen molar-refractivity contribution in [3.63, 3.8) is 0 Å². The van der Waals surface area contributed by atoms with Crippen molar-refractivity contribution in [3.8, 4) is 23.0 Å². The van der Waals surface area contributed by atoms with Crippen molar-refractivity contribution in [1.29, 1.82) is 0 Å². The highest BCUT2D eigenvalue weighted by Crippen LogP contribution is 2.38. The van der Waals surface area contributed by atoms with Gasteiger partial charge >= 0.3 is 0 Å². The number of phenols is 4. The predicted octanol–water partition coefficient (Wildman–Crippen LogP) is 3.13. The van der Waals surface area contributed by atoms with E-state index in [2.05, 4.69) is 6.58 Å². The second-order valence-corrected chi connectivity index (χ2v) is 4.90. The Morgan fingerprint density at radius 2 is 1.70 bits per heavy atom. The molecule has 0 saturated heterocycles. The van der Waals surface area contributed by atoms with Gasteiger partial charge in [-0.15, -0.1) is 6.58 Å². The zero-order chi connectivity index (χ0) is 17.0. The lowest BCUT2D eigenvalue weighted by atomic mass is 10.00. The fourth-order valence-electron chi connectivity index (χ4n) is 2.11. The van der Waals surface area contributed by atoms with Crippen molar-refractivity contribution in [3.05, 3.63) is 65.8 Å². The SMILES string of the molecule is C=CCc1c(O)cc(O)c(C(=O)/C=C/c2ccc(O)cc2)c1O. The van der Waals surface area contributed by atoms with E-state index >= 15 is 0 Å². The van der Waals surface area contributed by atoms with E-state index in [9.17, 15) is 25.2 Å². The average Bonchev–Trinajstić information content (AvgIpc) is 2.50. The van der Waals surface area contributed by atoms with Crippen molar-refractivity contribution in [2.45, 2.75) is 6.42 Å². The molecule has 0 radical (unpaired) electrons. The molecule has 0 unspecified atom stereocenters. The van der Waals surface area contributed by atoms with Gasteiger partial charge in [-0.1, -0.05) is 24.3 Å². The first-order chi connectivity index (χ1) is 10.9. The average molecular weight is 312 g/mol. The zero-order valence-corrected chi connectivity index (χ0v) is 12.2. The number of carbonyl (C=O) groups is 1. The molecule has 118 valence electrons. The van der Waals surface area contributed by atoms with Gasteiger partial charge in [0.2, 0.25) is 0 Å². The second-order valence-electron chi connectivity index (χ2n) is 4.90. The molecule has 0 aliphatic heterocycles. The van der Waals surface area contributed by atoms with Crippen LogP contribution in [0.2, 0.25) is 0 Å². The summed E-state index contributed by atoms with van der Waals surface area (Å²) in [6.07, 6.45) is 4.29. The Labute approximate surface area is 133 Å². The van der Waals surface area contributed by atoms with Crippen LogP contribution in [-0.2, 0) is 6.42 Å². The lowest BCUT2D eigenvalue weighted by Crippen LogP contribution is -1.99. The minimum atomic E-state index is -0.613. The summed E-state index contributed by atoms with van der Waals surface area (Å²) in [6.45, 7) is 3.51. The normalized spacial score (nSPS) is 10.8. The summed E-state index contributed by atoms with van der Waals surface area (Å²) >= 11 is 0. The first-order valence-electron chi connectivity index (χ1n) is 6.83. The van der Waals surface area contributed by atoms with Crippen LogP contribution in [0.5, 0.6) is 23.0 Å². The number of hydrogen-bond acceptors (Lipinski definition) is 5. The van der Waals surface area contributed by atoms with Crippen molar-refractivity contribution < 1.29 is 25.2 Å². The molecule has 0 aromatic heterocycles. The number of ketones is 1. The lowest BCUT2D eigenvalue weighted by molar-refractivity contribution is 0.104. The van der Waals surface area contributed by atoms with E-state index in [1.807, 2.05) is 0 Å². The Bertz CT molecular complexity index is 773. The molecule has 4 N–H and O–H groups in total. The van der Waals surface area contributed by atoms with E-state index < -0.39 is 17.3 Å². The van der Waals surface area contributed by atoms with Gasteiger partial charge in [0.1, 0.15) is 28.6 Å². The number of benzene rings is 2. The third-order valence-electron chi connectivity index (χ3n) is 3.28. The third-order valence-corrected chi connectivity index (χ3v) is 3.28. The summed E-state index contributed by atoms with van der Waals surface area (Å²) in [5.41, 5.74) is 0.508. The van der Waals surface area contributed by atoms with Gasteiger partial charge in [-0.2, -0.15) is 0 Å². The molecule has 23 heavy (non-hydrogen) atoms. The van der Waals surface area contributed by atoms with Crippen molar-refractivity contribution in [2.75, 3.05) is 0 Å². The minimum Gasteiger partial charge on any atom is -0.508 e. The van der Waals surface area contributed by atoms with E-state index in [-0.39, 0.29) is 29.0 Å². The molecular weight excluding hydrogens is 296 g/mol. The highest BCUT2D eigenvalue weighted by molar-refractivity contribution is 6.10. The number of hydrogen-bond donors (Lipinski definition) is 4. The van der Waals surface area contributed by atoms with Gasteiger partial charge < -0.3 is 20.4 Å². The summed E-state index contributed by atoms with van der Waals surface area (Å²) in [5.74, 6) is -1.79. The van der Waals surface area contributed by atoms with Crippen LogP contribution in [0.25, 0.3) is 6.08 Å². The Morgan fingerprint density at radius 1 is 1.04 bits per heavy atom. The van der Waals surface area contributed by atoms with Crippen LogP contribution in [0.15, 0.2) is 49.1 Å². The molecular formula is C18H16O5. The highest BCUT2D eigenvalue weighted by Gasteiger charge is 2.20. The lowest BCUT2D eigenvalue weighted by Gasteiger charge is -2.10. The highest BCUT2D eigenvalue weighted by atomic mass is 16.3. The fraction of sp³-hybridized carbons (Fsp3) is 0.0556. The first-order valence-corrected chi connectivity index (χ1v) is 6.83. The van der Waals surface area contributed by atoms with Crippen LogP contribution in [0, 0.1) is 0 Å². The van der Waals surface area contributed by atoms with Crippen LogP contribution in [-0.4, -0.2) is 26.2 Å². The predicted molar refractivity (Wildman–Crippen MR) is 86.8 cm³/mol. The van der Waals surface area contributed by atoms with Gasteiger partial charge in [0, 0.05) is 11.6 Å². The molecule has 5 nitrogen and oxygen atoms in total. The van der Waals surface area contributed by atoms with E-state index in [0.717, 1.165) is 6.07 Å². The molecule has 2 aromatic carbocycles. The maximum atomic E-state index is 12.2. The maximum absolute atomic E-state index is 12.2. The largest absolute Gasteiger partial charge is 0.508 e. The topological polar surface area (TPSA) is 98.0 Å². The number of aromatic hydroxyl groups is 4. The summed E-state index contributed by atoms with van der Waals surface area (Å²) < 4.78 is 0. The molecule has 5 heteroatoms. The van der Waals surface area contributed by atoms with E-state index in [0.29, 0.717) is 5.56 Å². The summed E-state index contributed by atoms with van der Waals surface area (Å²) in [6, 6.07) is 7.18. The van der Waals surface area contributed by atoms with Gasteiger partial charge in [0.15, 0.2) is 5.78 Å². The first kappa shape index (κ1) is 16.2. The van der Waals surface area contributed by atoms with Crippen LogP contribution >= 0.6 is 0 Å². The van der Waals surface area contributed by atoms with Crippen molar-refractivity contribution in [2.24, 2.45) is 0 Å². The standard InChI is InChI=1S/C18H16O5/c1-2-3-13-15(21)10-16(22)17(18(13)23)14(20)9-6-11-4-7-12(19)8-5-11/h2,4-10,19,21-23H,1,3H2/b9-6+. The van der Waals surface area contributed by atoms with Gasteiger partial charge in [0.25, 0.3) is 0 Å². The summed E-state index contributed by atoms with van der Waals surface area (Å²) in [7, 11) is 0. The van der Waals surface area contributed by atoms with Gasteiger partial charge in [-0.05, 0) is 30.2 Å². The molecule has 0 heterocycles. The van der Waals surface area contributed by atoms with Gasteiger partial charge in [-0.3, -0.25) is 4.79 Å². The molecule has 0 amide bonds. The second kappa shape index (κ2) is 6.70. The Morgan fingerprint density at radius 3 is 2.30 bits per heavy atom. The molecule has 0 aliphatic rings. The molecule has 0 aliphatic carbocycles. The van der Waals surface area contributed by atoms with E-state index in [1.165, 1.54) is 30.4 Å². The van der Waals surface area contributed by atoms with Crippen LogP contribution in [0.3, 0.4) is 0 Å². The zero-order valence-electron chi connectivity index (χ0n) is 12.2. The molecule has 0 saturated carbocycles. The van der Waals surface area contributed by atoms with Crippen molar-refractivity contribution in [1.82, 2.24) is 0 Å². The number of phenolic OH excluding ortho intramolecular Hbond substituents is 4. The fourth-order valence-corrected chi connectivity index (χ4v) is 2.11.